The van der Waals surface area contributed by atoms with Gasteiger partial charge in [0.2, 0.25) is 10.0 Å². The van der Waals surface area contributed by atoms with Gasteiger partial charge in [0.1, 0.15) is 0 Å². The summed E-state index contributed by atoms with van der Waals surface area (Å²) in [7, 11) is -3.51. The van der Waals surface area contributed by atoms with E-state index in [0.717, 1.165) is 65.1 Å². The first kappa shape index (κ1) is 33.0. The molecule has 1 aliphatic heterocycles. The lowest BCUT2D eigenvalue weighted by molar-refractivity contribution is 0.289. The number of aryl methyl sites for hydroxylation is 4. The zero-order chi connectivity index (χ0) is 32.0. The lowest BCUT2D eigenvalue weighted by atomic mass is 9.98. The fraction of sp³-hybridized carbons (Fsp3) is 0.500. The van der Waals surface area contributed by atoms with Crippen molar-refractivity contribution in [1.29, 1.82) is 0 Å². The van der Waals surface area contributed by atoms with Crippen LogP contribution in [0.2, 0.25) is 0 Å². The average Bonchev–Trinajstić information content (AvgIpc) is 3.38. The fourth-order valence-electron chi connectivity index (χ4n) is 6.27. The van der Waals surface area contributed by atoms with Crippen molar-refractivity contribution in [3.63, 3.8) is 0 Å². The highest BCUT2D eigenvalue weighted by molar-refractivity contribution is 7.89. The van der Waals surface area contributed by atoms with Gasteiger partial charge in [-0.3, -0.25) is 4.79 Å². The van der Waals surface area contributed by atoms with E-state index in [-0.39, 0.29) is 17.9 Å². The van der Waals surface area contributed by atoms with Crippen molar-refractivity contribution in [3.05, 3.63) is 87.0 Å². The molecule has 1 aliphatic rings. The van der Waals surface area contributed by atoms with Crippen molar-refractivity contribution in [2.45, 2.75) is 65.8 Å². The van der Waals surface area contributed by atoms with E-state index in [0.29, 0.717) is 56.8 Å². The van der Waals surface area contributed by atoms with Crippen LogP contribution in [0, 0.1) is 26.7 Å². The fourth-order valence-corrected chi connectivity index (χ4v) is 7.90. The first-order chi connectivity index (χ1) is 21.7. The minimum Gasteiger partial charge on any atom is -0.396 e. The topological polar surface area (TPSA) is 122 Å². The molecule has 3 heterocycles. The van der Waals surface area contributed by atoms with Gasteiger partial charge in [0, 0.05) is 26.2 Å². The highest BCUT2D eigenvalue weighted by Crippen LogP contribution is 2.22. The second kappa shape index (κ2) is 14.8. The number of hydrogen-bond donors (Lipinski definition) is 2. The smallest absolute Gasteiger partial charge is 0.295 e. The molecule has 45 heavy (non-hydrogen) atoms. The number of nitrogens with zero attached hydrogens (tertiary/aromatic N) is 5. The molecular formula is C34H46N6O4S. The quantitative estimate of drug-likeness (QED) is 0.203. The highest BCUT2D eigenvalue weighted by atomic mass is 32.2. The molecule has 0 spiro atoms. The summed E-state index contributed by atoms with van der Waals surface area (Å²) in [6.45, 7) is 9.05. The van der Waals surface area contributed by atoms with Gasteiger partial charge in [-0.25, -0.2) is 22.1 Å². The molecule has 10 nitrogen and oxygen atoms in total. The summed E-state index contributed by atoms with van der Waals surface area (Å²) < 4.78 is 32.3. The van der Waals surface area contributed by atoms with E-state index in [1.54, 1.807) is 8.99 Å². The molecule has 2 aromatic heterocycles. The Bertz CT molecular complexity index is 1760. The van der Waals surface area contributed by atoms with Crippen LogP contribution in [0.5, 0.6) is 0 Å². The molecule has 0 saturated carbocycles. The molecule has 4 aromatic rings. The molecule has 2 N–H and O–H groups in total. The predicted octanol–water partition coefficient (Wildman–Crippen LogP) is 3.70. The van der Waals surface area contributed by atoms with E-state index in [9.17, 15) is 18.3 Å². The molecule has 1 saturated heterocycles. The summed E-state index contributed by atoms with van der Waals surface area (Å²) in [5.41, 5.74) is 5.87. The average molecular weight is 635 g/mol. The van der Waals surface area contributed by atoms with Gasteiger partial charge in [0.05, 0.1) is 28.2 Å². The zero-order valence-electron chi connectivity index (χ0n) is 26.7. The van der Waals surface area contributed by atoms with Crippen LogP contribution in [0.3, 0.4) is 0 Å². The standard InChI is InChI=1S/C34H46N6O4S/c1-25-9-11-31(12-10-25)40-27(3)32-26(2)36-39(34(42)33(32)37-40)19-4-5-22-45(43,44)38(24-30-13-17-35-18-14-30)20-15-28-7-6-8-29(23-28)16-21-41/h6-12,23,30,35,41H,4-5,13-22,24H2,1-3H3. The van der Waals surface area contributed by atoms with Gasteiger partial charge in [-0.1, -0.05) is 42.0 Å². The van der Waals surface area contributed by atoms with Crippen LogP contribution in [0.1, 0.15) is 53.8 Å². The maximum Gasteiger partial charge on any atom is 0.295 e. The molecule has 1 fully saturated rings. The molecule has 0 bridgehead atoms. The minimum atomic E-state index is -3.51. The van der Waals surface area contributed by atoms with Crippen LogP contribution >= 0.6 is 0 Å². The van der Waals surface area contributed by atoms with Crippen LogP contribution in [0.15, 0.2) is 53.3 Å². The maximum absolute atomic E-state index is 13.7. The van der Waals surface area contributed by atoms with Crippen molar-refractivity contribution in [2.24, 2.45) is 5.92 Å². The van der Waals surface area contributed by atoms with E-state index < -0.39 is 10.0 Å². The number of piperidine rings is 1. The second-order valence-corrected chi connectivity index (χ2v) is 14.4. The van der Waals surface area contributed by atoms with E-state index >= 15 is 0 Å². The molecule has 0 radical (unpaired) electrons. The lowest BCUT2D eigenvalue weighted by Gasteiger charge is -2.29. The normalized spacial score (nSPS) is 14.5. The first-order valence-electron chi connectivity index (χ1n) is 16.1. The lowest BCUT2D eigenvalue weighted by Crippen LogP contribution is -2.41. The summed E-state index contributed by atoms with van der Waals surface area (Å²) in [4.78, 5) is 13.4. The Morgan fingerprint density at radius 1 is 0.978 bits per heavy atom. The first-order valence-corrected chi connectivity index (χ1v) is 17.7. The third-order valence-electron chi connectivity index (χ3n) is 8.84. The van der Waals surface area contributed by atoms with Crippen LogP contribution in [-0.4, -0.2) is 75.9 Å². The van der Waals surface area contributed by atoms with Crippen molar-refractivity contribution < 1.29 is 13.5 Å². The van der Waals surface area contributed by atoms with Crippen molar-refractivity contribution in [1.82, 2.24) is 29.2 Å². The number of aliphatic hydroxyl groups excluding tert-OH is 1. The number of fused-ring (bicyclic) bond motifs is 1. The zero-order valence-corrected chi connectivity index (χ0v) is 27.5. The van der Waals surface area contributed by atoms with Crippen molar-refractivity contribution in [3.8, 4) is 5.69 Å². The summed E-state index contributed by atoms with van der Waals surface area (Å²) in [6.07, 6.45) is 4.08. The third-order valence-corrected chi connectivity index (χ3v) is 10.8. The number of nitrogens with one attached hydrogen (secondary N) is 1. The van der Waals surface area contributed by atoms with E-state index in [2.05, 4.69) is 21.6 Å². The third kappa shape index (κ3) is 8.07. The van der Waals surface area contributed by atoms with E-state index in [4.69, 9.17) is 0 Å². The minimum absolute atomic E-state index is 0.0274. The number of rotatable bonds is 14. The maximum atomic E-state index is 13.7. The Hall–Kier alpha value is -3.38. The number of benzene rings is 2. The molecule has 0 unspecified atom stereocenters. The molecule has 2 aromatic carbocycles. The molecule has 11 heteroatoms. The summed E-state index contributed by atoms with van der Waals surface area (Å²) in [5, 5.41) is 22.7. The molecule has 0 atom stereocenters. The highest BCUT2D eigenvalue weighted by Gasteiger charge is 2.26. The molecular weight excluding hydrogens is 588 g/mol. The van der Waals surface area contributed by atoms with E-state index in [1.165, 1.54) is 4.68 Å². The Morgan fingerprint density at radius 2 is 1.69 bits per heavy atom. The number of aliphatic hydroxyl groups is 1. The molecule has 242 valence electrons. The van der Waals surface area contributed by atoms with Gasteiger partial charge in [0.25, 0.3) is 5.56 Å². The summed E-state index contributed by atoms with van der Waals surface area (Å²) in [6, 6.07) is 16.0. The number of sulfonamides is 1. The Morgan fingerprint density at radius 3 is 2.40 bits per heavy atom. The largest absolute Gasteiger partial charge is 0.396 e. The molecule has 5 rings (SSSR count). The van der Waals surface area contributed by atoms with Crippen LogP contribution in [0.4, 0.5) is 0 Å². The molecule has 0 aliphatic carbocycles. The number of aromatic nitrogens is 4. The second-order valence-electron chi connectivity index (χ2n) is 12.3. The van der Waals surface area contributed by atoms with Crippen LogP contribution < -0.4 is 10.9 Å². The SMILES string of the molecule is Cc1ccc(-n2nc3c(=O)n(CCCCS(=O)(=O)N(CCc4cccc(CCO)c4)CC4CCNCC4)nc(C)c3c2C)cc1. The van der Waals surface area contributed by atoms with Gasteiger partial charge < -0.3 is 10.4 Å². The van der Waals surface area contributed by atoms with Crippen molar-refractivity contribution in [2.75, 3.05) is 38.5 Å². The van der Waals surface area contributed by atoms with Gasteiger partial charge in [-0.2, -0.15) is 10.2 Å². The van der Waals surface area contributed by atoms with Crippen LogP contribution in [-0.2, 0) is 29.4 Å². The van der Waals surface area contributed by atoms with Gasteiger partial charge in [-0.05, 0) is 102 Å². The Balaban J connectivity index is 1.25. The monoisotopic (exact) mass is 634 g/mol. The van der Waals surface area contributed by atoms with Gasteiger partial charge >= 0.3 is 0 Å². The van der Waals surface area contributed by atoms with Crippen molar-refractivity contribution >= 4 is 20.9 Å². The Labute approximate surface area is 266 Å². The Kier molecular flexibility index (Phi) is 10.9. The van der Waals surface area contributed by atoms with Crippen LogP contribution in [0.25, 0.3) is 16.6 Å². The van der Waals surface area contributed by atoms with E-state index in [1.807, 2.05) is 63.2 Å². The summed E-state index contributed by atoms with van der Waals surface area (Å²) >= 11 is 0. The van der Waals surface area contributed by atoms with Gasteiger partial charge in [-0.15, -0.1) is 0 Å². The van der Waals surface area contributed by atoms with Gasteiger partial charge in [0.15, 0.2) is 5.52 Å². The number of unbranched alkanes of at least 4 members (excludes halogenated alkanes) is 1. The molecule has 0 amide bonds. The summed E-state index contributed by atoms with van der Waals surface area (Å²) in [5.74, 6) is 0.363. The number of hydrogen-bond acceptors (Lipinski definition) is 7. The predicted molar refractivity (Wildman–Crippen MR) is 178 cm³/mol.